The number of amides is 1. The number of hydrogen-bond acceptors (Lipinski definition) is 3. The summed E-state index contributed by atoms with van der Waals surface area (Å²) in [6, 6.07) is 0.243. The van der Waals surface area contributed by atoms with Crippen LogP contribution in [0.5, 0.6) is 0 Å². The van der Waals surface area contributed by atoms with E-state index in [1.165, 1.54) is 12.8 Å². The lowest BCUT2D eigenvalue weighted by Gasteiger charge is -2.33. The molecule has 0 aromatic carbocycles. The second-order valence-corrected chi connectivity index (χ2v) is 5.87. The van der Waals surface area contributed by atoms with Crippen molar-refractivity contribution in [3.8, 4) is 0 Å². The third kappa shape index (κ3) is 3.19. The minimum atomic E-state index is -0.636. The van der Waals surface area contributed by atoms with Crippen molar-refractivity contribution in [3.05, 3.63) is 0 Å². The van der Waals surface area contributed by atoms with Crippen LogP contribution in [-0.4, -0.2) is 30.7 Å². The molecule has 17 heavy (non-hydrogen) atoms. The Morgan fingerprint density at radius 3 is 2.47 bits per heavy atom. The molecule has 2 rings (SSSR count). The zero-order chi connectivity index (χ0) is 12.5. The van der Waals surface area contributed by atoms with Gasteiger partial charge in [-0.05, 0) is 51.4 Å². The summed E-state index contributed by atoms with van der Waals surface area (Å²) in [7, 11) is 0. The summed E-state index contributed by atoms with van der Waals surface area (Å²) in [5.41, 5.74) is 4.98. The van der Waals surface area contributed by atoms with Gasteiger partial charge in [-0.3, -0.25) is 10.1 Å². The average Bonchev–Trinajstić information content (AvgIpc) is 3.09. The molecule has 1 unspecified atom stereocenters. The topological polar surface area (TPSA) is 64.3 Å². The summed E-state index contributed by atoms with van der Waals surface area (Å²) in [5, 5.41) is 3.35. The molecule has 4 heteroatoms. The Bertz CT molecular complexity index is 285. The lowest BCUT2D eigenvalue weighted by atomic mass is 9.92. The normalized spacial score (nSPS) is 23.7. The number of nitrogens with one attached hydrogen (secondary N) is 1. The highest BCUT2D eigenvalue weighted by atomic mass is 16.5. The summed E-state index contributed by atoms with van der Waals surface area (Å²) >= 11 is 0. The number of nitrogens with two attached hydrogens (primary N) is 1. The highest BCUT2D eigenvalue weighted by Crippen LogP contribution is 2.40. The van der Waals surface area contributed by atoms with E-state index in [1.54, 1.807) is 0 Å². The van der Waals surface area contributed by atoms with Crippen LogP contribution in [-0.2, 0) is 9.53 Å². The van der Waals surface area contributed by atoms with Crippen LogP contribution in [0.2, 0.25) is 0 Å². The molecule has 4 nitrogen and oxygen atoms in total. The highest BCUT2D eigenvalue weighted by Gasteiger charge is 2.50. The third-order valence-corrected chi connectivity index (χ3v) is 3.64. The van der Waals surface area contributed by atoms with Gasteiger partial charge < -0.3 is 10.5 Å². The van der Waals surface area contributed by atoms with Crippen molar-refractivity contribution < 1.29 is 9.53 Å². The zero-order valence-corrected chi connectivity index (χ0v) is 10.9. The van der Waals surface area contributed by atoms with E-state index in [2.05, 4.69) is 5.32 Å². The van der Waals surface area contributed by atoms with Crippen molar-refractivity contribution in [2.75, 3.05) is 13.2 Å². The summed E-state index contributed by atoms with van der Waals surface area (Å²) in [5.74, 6) is 0.824. The minimum Gasteiger partial charge on any atom is -0.379 e. The fourth-order valence-electron chi connectivity index (χ4n) is 2.38. The third-order valence-electron chi connectivity index (χ3n) is 3.64. The first-order valence-electron chi connectivity index (χ1n) is 6.70. The number of primary amides is 1. The molecule has 0 radical (unpaired) electrons. The van der Waals surface area contributed by atoms with Gasteiger partial charge in [0.05, 0.1) is 6.61 Å². The van der Waals surface area contributed by atoms with Crippen LogP contribution in [0.4, 0.5) is 0 Å². The second-order valence-electron chi connectivity index (χ2n) is 5.87. The highest BCUT2D eigenvalue weighted by molar-refractivity contribution is 5.85. The van der Waals surface area contributed by atoms with Gasteiger partial charge in [-0.25, -0.2) is 0 Å². The Morgan fingerprint density at radius 1 is 1.41 bits per heavy atom. The smallest absolute Gasteiger partial charge is 0.240 e. The molecule has 0 aliphatic heterocycles. The Labute approximate surface area is 103 Å². The van der Waals surface area contributed by atoms with Crippen LogP contribution in [0.1, 0.15) is 39.5 Å². The Morgan fingerprint density at radius 2 is 2.06 bits per heavy atom. The number of hydrogen-bond donors (Lipinski definition) is 2. The Kier molecular flexibility index (Phi) is 3.73. The Hall–Kier alpha value is -0.610. The predicted octanol–water partition coefficient (Wildman–Crippen LogP) is 1.05. The van der Waals surface area contributed by atoms with E-state index in [1.807, 2.05) is 13.8 Å². The minimum absolute atomic E-state index is 0.243. The van der Waals surface area contributed by atoms with Gasteiger partial charge in [-0.2, -0.15) is 0 Å². The maximum atomic E-state index is 11.8. The summed E-state index contributed by atoms with van der Waals surface area (Å²) in [6.45, 7) is 5.30. The molecule has 0 aromatic heterocycles. The molecule has 0 bridgehead atoms. The molecular weight excluding hydrogens is 216 g/mol. The lowest BCUT2D eigenvalue weighted by molar-refractivity contribution is -0.128. The molecule has 98 valence electrons. The van der Waals surface area contributed by atoms with E-state index < -0.39 is 5.54 Å². The van der Waals surface area contributed by atoms with Crippen LogP contribution in [0.15, 0.2) is 0 Å². The van der Waals surface area contributed by atoms with Crippen LogP contribution in [0, 0.1) is 11.8 Å². The molecule has 0 heterocycles. The van der Waals surface area contributed by atoms with Crippen molar-refractivity contribution in [2.24, 2.45) is 17.6 Å². The molecule has 1 atom stereocenters. The van der Waals surface area contributed by atoms with Gasteiger partial charge in [0.15, 0.2) is 0 Å². The van der Waals surface area contributed by atoms with Gasteiger partial charge in [0.1, 0.15) is 5.54 Å². The maximum Gasteiger partial charge on any atom is 0.240 e. The number of ether oxygens (including phenoxy) is 1. The molecule has 2 saturated carbocycles. The van der Waals surface area contributed by atoms with Gasteiger partial charge in [0, 0.05) is 12.6 Å². The van der Waals surface area contributed by atoms with Gasteiger partial charge in [0.2, 0.25) is 5.91 Å². The quantitative estimate of drug-likeness (QED) is 0.666. The lowest BCUT2D eigenvalue weighted by Crippen LogP contribution is -2.62. The van der Waals surface area contributed by atoms with Crippen molar-refractivity contribution in [1.82, 2.24) is 5.32 Å². The SMILES string of the molecule is CC(C)NC(COCC1CC1)(C(N)=O)C1CC1. The van der Waals surface area contributed by atoms with Crippen LogP contribution in [0.3, 0.4) is 0 Å². The maximum absolute atomic E-state index is 11.8. The van der Waals surface area contributed by atoms with Crippen LogP contribution < -0.4 is 11.1 Å². The first-order chi connectivity index (χ1) is 8.04. The van der Waals surface area contributed by atoms with Crippen molar-refractivity contribution in [1.29, 1.82) is 0 Å². The molecule has 2 aliphatic carbocycles. The summed E-state index contributed by atoms with van der Waals surface area (Å²) in [6.07, 6.45) is 4.69. The molecular formula is C13H24N2O2. The van der Waals surface area contributed by atoms with E-state index in [9.17, 15) is 4.79 Å². The van der Waals surface area contributed by atoms with E-state index in [4.69, 9.17) is 10.5 Å². The van der Waals surface area contributed by atoms with E-state index in [0.717, 1.165) is 25.4 Å². The number of rotatable bonds is 8. The van der Waals surface area contributed by atoms with E-state index >= 15 is 0 Å². The molecule has 0 spiro atoms. The molecule has 2 fully saturated rings. The van der Waals surface area contributed by atoms with Gasteiger partial charge in [-0.15, -0.1) is 0 Å². The first-order valence-corrected chi connectivity index (χ1v) is 6.70. The average molecular weight is 240 g/mol. The molecule has 0 aromatic rings. The first kappa shape index (κ1) is 12.8. The van der Waals surface area contributed by atoms with Crippen molar-refractivity contribution in [2.45, 2.75) is 51.1 Å². The van der Waals surface area contributed by atoms with Crippen molar-refractivity contribution >= 4 is 5.91 Å². The van der Waals surface area contributed by atoms with Crippen molar-refractivity contribution in [3.63, 3.8) is 0 Å². The fourth-order valence-corrected chi connectivity index (χ4v) is 2.38. The Balaban J connectivity index is 1.94. The molecule has 0 saturated heterocycles. The summed E-state index contributed by atoms with van der Waals surface area (Å²) in [4.78, 5) is 11.8. The second kappa shape index (κ2) is 4.94. The number of carbonyl (C=O) groups is 1. The van der Waals surface area contributed by atoms with E-state index in [0.29, 0.717) is 12.5 Å². The van der Waals surface area contributed by atoms with Gasteiger partial charge in [-0.1, -0.05) is 0 Å². The number of carbonyl (C=O) groups excluding carboxylic acids is 1. The molecule has 2 aliphatic rings. The molecule has 3 N–H and O–H groups in total. The summed E-state index contributed by atoms with van der Waals surface area (Å²) < 4.78 is 5.72. The van der Waals surface area contributed by atoms with Crippen LogP contribution in [0.25, 0.3) is 0 Å². The van der Waals surface area contributed by atoms with Gasteiger partial charge in [0.25, 0.3) is 0 Å². The largest absolute Gasteiger partial charge is 0.379 e. The fraction of sp³-hybridized carbons (Fsp3) is 0.923. The monoisotopic (exact) mass is 240 g/mol. The standard InChI is InChI=1S/C13H24N2O2/c1-9(2)15-13(12(14)16,11-5-6-11)8-17-7-10-3-4-10/h9-11,15H,3-8H2,1-2H3,(H2,14,16). The van der Waals surface area contributed by atoms with Gasteiger partial charge >= 0.3 is 0 Å². The zero-order valence-electron chi connectivity index (χ0n) is 10.9. The predicted molar refractivity (Wildman–Crippen MR) is 66.5 cm³/mol. The van der Waals surface area contributed by atoms with E-state index in [-0.39, 0.29) is 11.9 Å². The van der Waals surface area contributed by atoms with Crippen LogP contribution >= 0.6 is 0 Å². The molecule has 1 amide bonds.